The first-order chi connectivity index (χ1) is 9.10. The number of aromatic amines is 1. The van der Waals surface area contributed by atoms with Crippen molar-refractivity contribution in [2.24, 2.45) is 0 Å². The van der Waals surface area contributed by atoms with Gasteiger partial charge in [-0.15, -0.1) is 0 Å². The number of halogens is 1. The molecule has 0 bridgehead atoms. The average Bonchev–Trinajstić information content (AvgIpc) is 2.43. The standard InChI is InChI=1S/C12H10ClN3O3/c1-19-8-4-2-7(3-5-8)11(17)15-10-9(13)6-14-12(18)16-10/h2-6H,1H3,(H2,14,15,16,17,18). The molecule has 7 heteroatoms. The van der Waals surface area contributed by atoms with E-state index in [2.05, 4.69) is 15.3 Å². The molecule has 98 valence electrons. The molecular weight excluding hydrogens is 270 g/mol. The Labute approximate surface area is 113 Å². The van der Waals surface area contributed by atoms with Gasteiger partial charge in [-0.2, -0.15) is 0 Å². The number of nitrogens with zero attached hydrogens (tertiary/aromatic N) is 1. The maximum atomic E-state index is 11.9. The Balaban J connectivity index is 2.20. The number of ether oxygens (including phenoxy) is 1. The van der Waals surface area contributed by atoms with Crippen molar-refractivity contribution in [3.63, 3.8) is 0 Å². The highest BCUT2D eigenvalue weighted by molar-refractivity contribution is 6.33. The van der Waals surface area contributed by atoms with Gasteiger partial charge in [-0.25, -0.2) is 9.78 Å². The van der Waals surface area contributed by atoms with Crippen molar-refractivity contribution >= 4 is 23.3 Å². The van der Waals surface area contributed by atoms with Crippen LogP contribution >= 0.6 is 11.6 Å². The minimum atomic E-state index is -0.588. The normalized spacial score (nSPS) is 10.0. The Morgan fingerprint density at radius 1 is 1.37 bits per heavy atom. The maximum Gasteiger partial charge on any atom is 0.346 e. The van der Waals surface area contributed by atoms with Gasteiger partial charge in [-0.1, -0.05) is 11.6 Å². The Hall–Kier alpha value is -2.34. The van der Waals surface area contributed by atoms with E-state index in [-0.39, 0.29) is 10.8 Å². The summed E-state index contributed by atoms with van der Waals surface area (Å²) in [6, 6.07) is 6.51. The van der Waals surface area contributed by atoms with E-state index in [1.807, 2.05) is 0 Å². The lowest BCUT2D eigenvalue weighted by molar-refractivity contribution is 0.102. The molecule has 0 fully saturated rings. The lowest BCUT2D eigenvalue weighted by Gasteiger charge is -2.06. The second-order valence-electron chi connectivity index (χ2n) is 3.59. The second kappa shape index (κ2) is 5.53. The van der Waals surface area contributed by atoms with E-state index in [0.29, 0.717) is 11.3 Å². The highest BCUT2D eigenvalue weighted by Gasteiger charge is 2.09. The van der Waals surface area contributed by atoms with Gasteiger partial charge in [0.2, 0.25) is 0 Å². The summed E-state index contributed by atoms with van der Waals surface area (Å²) in [5.74, 6) is 0.362. The molecule has 1 aromatic heterocycles. The van der Waals surface area contributed by atoms with E-state index in [0.717, 1.165) is 0 Å². The monoisotopic (exact) mass is 279 g/mol. The molecule has 0 saturated carbocycles. The van der Waals surface area contributed by atoms with Crippen LogP contribution in [0.5, 0.6) is 5.75 Å². The first-order valence-corrected chi connectivity index (χ1v) is 5.68. The smallest absolute Gasteiger partial charge is 0.346 e. The average molecular weight is 280 g/mol. The number of H-pyrrole nitrogens is 1. The molecule has 0 unspecified atom stereocenters. The number of methoxy groups -OCH3 is 1. The maximum absolute atomic E-state index is 11.9. The van der Waals surface area contributed by atoms with Crippen molar-refractivity contribution in [1.82, 2.24) is 9.97 Å². The number of nitrogens with one attached hydrogen (secondary N) is 2. The summed E-state index contributed by atoms with van der Waals surface area (Å²) in [5, 5.41) is 2.65. The van der Waals surface area contributed by atoms with Crippen LogP contribution in [0.25, 0.3) is 0 Å². The molecule has 19 heavy (non-hydrogen) atoms. The molecule has 6 nitrogen and oxygen atoms in total. The molecule has 0 aliphatic carbocycles. The predicted octanol–water partition coefficient (Wildman–Crippen LogP) is 1.68. The summed E-state index contributed by atoms with van der Waals surface area (Å²) in [5.41, 5.74) is -0.177. The zero-order valence-electron chi connectivity index (χ0n) is 9.94. The van der Waals surface area contributed by atoms with E-state index in [1.54, 1.807) is 24.3 Å². The molecule has 0 aliphatic heterocycles. The minimum absolute atomic E-state index is 0.113. The molecule has 0 aliphatic rings. The molecule has 1 aromatic carbocycles. The van der Waals surface area contributed by atoms with Crippen molar-refractivity contribution in [1.29, 1.82) is 0 Å². The fourth-order valence-electron chi connectivity index (χ4n) is 1.40. The minimum Gasteiger partial charge on any atom is -0.497 e. The molecule has 2 N–H and O–H groups in total. The number of aromatic nitrogens is 2. The third-order valence-corrected chi connectivity index (χ3v) is 2.64. The first kappa shape index (κ1) is 13.1. The van der Waals surface area contributed by atoms with Crippen molar-refractivity contribution in [3.8, 4) is 5.75 Å². The number of benzene rings is 1. The highest BCUT2D eigenvalue weighted by atomic mass is 35.5. The molecule has 1 heterocycles. The SMILES string of the molecule is COc1ccc(C(=O)Nc2[nH]c(=O)ncc2Cl)cc1. The summed E-state index contributed by atoms with van der Waals surface area (Å²) in [4.78, 5) is 28.7. The Bertz CT molecular complexity index is 652. The highest BCUT2D eigenvalue weighted by Crippen LogP contribution is 2.17. The number of rotatable bonds is 3. The molecule has 0 spiro atoms. The van der Waals surface area contributed by atoms with Gasteiger partial charge in [0.05, 0.1) is 18.3 Å². The van der Waals surface area contributed by atoms with Gasteiger partial charge in [0.25, 0.3) is 5.91 Å². The third kappa shape index (κ3) is 3.11. The number of anilines is 1. The van der Waals surface area contributed by atoms with Gasteiger partial charge < -0.3 is 10.1 Å². The van der Waals surface area contributed by atoms with Crippen molar-refractivity contribution < 1.29 is 9.53 Å². The van der Waals surface area contributed by atoms with Gasteiger partial charge in [0.15, 0.2) is 0 Å². The lowest BCUT2D eigenvalue weighted by Crippen LogP contribution is -2.18. The van der Waals surface area contributed by atoms with Crippen molar-refractivity contribution in [2.45, 2.75) is 0 Å². The number of hydrogen-bond donors (Lipinski definition) is 2. The van der Waals surface area contributed by atoms with Gasteiger partial charge in [-0.3, -0.25) is 9.78 Å². The fourth-order valence-corrected chi connectivity index (χ4v) is 1.54. The molecule has 2 rings (SSSR count). The number of carbonyl (C=O) groups is 1. The fraction of sp³-hybridized carbons (Fsp3) is 0.0833. The van der Waals surface area contributed by atoms with Crippen molar-refractivity contribution in [3.05, 3.63) is 51.5 Å². The van der Waals surface area contributed by atoms with E-state index in [9.17, 15) is 9.59 Å². The van der Waals surface area contributed by atoms with Gasteiger partial charge in [0, 0.05) is 5.56 Å². The third-order valence-electron chi connectivity index (χ3n) is 2.36. The first-order valence-electron chi connectivity index (χ1n) is 5.30. The topological polar surface area (TPSA) is 84.1 Å². The van der Waals surface area contributed by atoms with Crippen LogP contribution in [0.1, 0.15) is 10.4 Å². The van der Waals surface area contributed by atoms with Crippen molar-refractivity contribution in [2.75, 3.05) is 12.4 Å². The van der Waals surface area contributed by atoms with Crippen LogP contribution in [0.15, 0.2) is 35.3 Å². The summed E-state index contributed by atoms with van der Waals surface area (Å²) in [6.07, 6.45) is 1.17. The Morgan fingerprint density at radius 2 is 2.05 bits per heavy atom. The van der Waals surface area contributed by atoms with Gasteiger partial charge in [-0.05, 0) is 24.3 Å². The van der Waals surface area contributed by atoms with E-state index in [1.165, 1.54) is 13.3 Å². The zero-order chi connectivity index (χ0) is 13.8. The van der Waals surface area contributed by atoms with E-state index < -0.39 is 11.6 Å². The zero-order valence-corrected chi connectivity index (χ0v) is 10.7. The molecule has 0 saturated heterocycles. The quantitative estimate of drug-likeness (QED) is 0.895. The summed E-state index contributed by atoms with van der Waals surface area (Å²) in [7, 11) is 1.54. The largest absolute Gasteiger partial charge is 0.497 e. The summed E-state index contributed by atoms with van der Waals surface area (Å²) in [6.45, 7) is 0. The van der Waals surface area contributed by atoms with Crippen LogP contribution in [-0.2, 0) is 0 Å². The Kier molecular flexibility index (Phi) is 3.82. The predicted molar refractivity (Wildman–Crippen MR) is 70.8 cm³/mol. The Morgan fingerprint density at radius 3 is 2.68 bits per heavy atom. The van der Waals surface area contributed by atoms with Crippen LogP contribution in [0.2, 0.25) is 5.02 Å². The summed E-state index contributed by atoms with van der Waals surface area (Å²) < 4.78 is 4.99. The van der Waals surface area contributed by atoms with Crippen LogP contribution in [-0.4, -0.2) is 23.0 Å². The number of carbonyl (C=O) groups excluding carboxylic acids is 1. The van der Waals surface area contributed by atoms with Crippen LogP contribution < -0.4 is 15.7 Å². The van der Waals surface area contributed by atoms with Crippen LogP contribution in [0.3, 0.4) is 0 Å². The molecule has 1 amide bonds. The van der Waals surface area contributed by atoms with Gasteiger partial charge in [0.1, 0.15) is 11.6 Å². The second-order valence-corrected chi connectivity index (χ2v) is 4.00. The van der Waals surface area contributed by atoms with Gasteiger partial charge >= 0.3 is 5.69 Å². The molecule has 0 radical (unpaired) electrons. The lowest BCUT2D eigenvalue weighted by atomic mass is 10.2. The van der Waals surface area contributed by atoms with Crippen LogP contribution in [0, 0.1) is 0 Å². The molecule has 2 aromatic rings. The number of hydrogen-bond acceptors (Lipinski definition) is 4. The van der Waals surface area contributed by atoms with E-state index >= 15 is 0 Å². The van der Waals surface area contributed by atoms with E-state index in [4.69, 9.17) is 16.3 Å². The molecule has 0 atom stereocenters. The van der Waals surface area contributed by atoms with Crippen LogP contribution in [0.4, 0.5) is 5.82 Å². The summed E-state index contributed by atoms with van der Waals surface area (Å²) >= 11 is 5.81. The number of amides is 1. The molecular formula is C12H10ClN3O3.